The zero-order valence-corrected chi connectivity index (χ0v) is 21.7. The number of amides is 2. The van der Waals surface area contributed by atoms with E-state index < -0.39 is 29.3 Å². The van der Waals surface area contributed by atoms with Crippen molar-refractivity contribution in [1.82, 2.24) is 9.88 Å². The first-order valence-corrected chi connectivity index (χ1v) is 12.0. The quantitative estimate of drug-likeness (QED) is 0.462. The van der Waals surface area contributed by atoms with Crippen molar-refractivity contribution in [2.45, 2.75) is 19.5 Å². The van der Waals surface area contributed by atoms with Crippen LogP contribution in [0.1, 0.15) is 38.8 Å². The summed E-state index contributed by atoms with van der Waals surface area (Å²) in [4.78, 5) is 44.4. The van der Waals surface area contributed by atoms with Crippen LogP contribution < -0.4 is 26.1 Å². The number of benzene rings is 2. The summed E-state index contributed by atoms with van der Waals surface area (Å²) in [6.45, 7) is 1.73. The van der Waals surface area contributed by atoms with Gasteiger partial charge in [-0.1, -0.05) is 12.1 Å². The minimum absolute atomic E-state index is 0.0307. The Hall–Kier alpha value is -5.17. The third-order valence-electron chi connectivity index (χ3n) is 6.45. The summed E-state index contributed by atoms with van der Waals surface area (Å²) in [5.41, 5.74) is 7.00. The fourth-order valence-electron chi connectivity index (χ4n) is 4.57. The molecule has 1 aromatic heterocycles. The molecule has 3 N–H and O–H groups in total. The van der Waals surface area contributed by atoms with Gasteiger partial charge in [0.25, 0.3) is 11.5 Å². The van der Waals surface area contributed by atoms with Gasteiger partial charge in [-0.3, -0.25) is 23.9 Å². The molecule has 39 heavy (non-hydrogen) atoms. The van der Waals surface area contributed by atoms with E-state index in [0.29, 0.717) is 34.0 Å². The molecule has 198 valence electrons. The first-order chi connectivity index (χ1) is 18.8. The molecule has 4 rings (SSSR count). The number of methoxy groups -OCH3 is 2. The Labute approximate surface area is 225 Å². The van der Waals surface area contributed by atoms with Crippen LogP contribution in [0, 0.1) is 24.2 Å². The van der Waals surface area contributed by atoms with Gasteiger partial charge >= 0.3 is 0 Å². The molecule has 0 spiro atoms. The summed E-state index contributed by atoms with van der Waals surface area (Å²) >= 11 is 0. The zero-order valence-electron chi connectivity index (χ0n) is 21.7. The largest absolute Gasteiger partial charge is 0.497 e. The minimum atomic E-state index is -0.869. The molecule has 2 unspecified atom stereocenters. The third kappa shape index (κ3) is 5.43. The van der Waals surface area contributed by atoms with Crippen molar-refractivity contribution >= 4 is 18.0 Å². The topological polar surface area (TPSA) is 149 Å². The molecule has 10 heteroatoms. The highest BCUT2D eigenvalue weighted by molar-refractivity contribution is 5.96. The number of hydrogen-bond acceptors (Lipinski definition) is 7. The molecule has 3 aromatic rings. The van der Waals surface area contributed by atoms with Crippen LogP contribution in [0.2, 0.25) is 0 Å². The molecule has 0 saturated carbocycles. The first-order valence-electron chi connectivity index (χ1n) is 12.0. The molecular formula is C29H27N5O5. The lowest BCUT2D eigenvalue weighted by molar-refractivity contribution is -0.121. The first kappa shape index (κ1) is 26.9. The Morgan fingerprint density at radius 1 is 1.15 bits per heavy atom. The van der Waals surface area contributed by atoms with Gasteiger partial charge < -0.3 is 20.5 Å². The maximum Gasteiger partial charge on any atom is 0.268 e. The molecule has 2 atom stereocenters. The normalized spacial score (nSPS) is 15.8. The number of dihydropyridines is 1. The molecule has 10 nitrogen and oxygen atoms in total. The van der Waals surface area contributed by atoms with Crippen molar-refractivity contribution in [3.05, 3.63) is 99.0 Å². The fourth-order valence-corrected chi connectivity index (χ4v) is 4.57. The van der Waals surface area contributed by atoms with Crippen LogP contribution in [0.3, 0.4) is 0 Å². The summed E-state index contributed by atoms with van der Waals surface area (Å²) in [6, 6.07) is 14.5. The van der Waals surface area contributed by atoms with Crippen molar-refractivity contribution < 1.29 is 19.1 Å². The lowest BCUT2D eigenvalue weighted by atomic mass is 9.88. The number of carbonyl (C=O) groups excluding carboxylic acids is 2. The highest BCUT2D eigenvalue weighted by atomic mass is 16.5. The summed E-state index contributed by atoms with van der Waals surface area (Å²) in [5, 5.41) is 12.2. The second-order valence-electron chi connectivity index (χ2n) is 8.84. The lowest BCUT2D eigenvalue weighted by Crippen LogP contribution is -2.37. The number of allylic oxidation sites excluding steroid dienone is 1. The van der Waals surface area contributed by atoms with E-state index in [9.17, 15) is 19.6 Å². The van der Waals surface area contributed by atoms with E-state index in [2.05, 4.69) is 16.4 Å². The van der Waals surface area contributed by atoms with Gasteiger partial charge in [-0.15, -0.1) is 0 Å². The van der Waals surface area contributed by atoms with Crippen LogP contribution in [0.4, 0.5) is 0 Å². The van der Waals surface area contributed by atoms with E-state index in [0.717, 1.165) is 0 Å². The van der Waals surface area contributed by atoms with Gasteiger partial charge in [0, 0.05) is 24.0 Å². The van der Waals surface area contributed by atoms with Crippen molar-refractivity contribution in [2.24, 2.45) is 16.6 Å². The highest BCUT2D eigenvalue weighted by Crippen LogP contribution is 2.32. The molecule has 2 heterocycles. The SMILES string of the molecule is COc1ccc(OC)c(CNC(=O)c2c(C3N=CC=CC3C(N)=O)cc(C)n(-c3cccc(C#N)c3)c2=O)c1. The Morgan fingerprint density at radius 2 is 1.95 bits per heavy atom. The number of pyridine rings is 1. The monoisotopic (exact) mass is 525 g/mol. The Morgan fingerprint density at radius 3 is 2.64 bits per heavy atom. The predicted octanol–water partition coefficient (Wildman–Crippen LogP) is 2.75. The number of carbonyl (C=O) groups is 2. The van der Waals surface area contributed by atoms with Gasteiger partial charge in [0.1, 0.15) is 17.1 Å². The second kappa shape index (κ2) is 11.5. The average Bonchev–Trinajstić information content (AvgIpc) is 2.95. The number of nitriles is 1. The molecule has 0 aliphatic carbocycles. The molecule has 1 aliphatic rings. The third-order valence-corrected chi connectivity index (χ3v) is 6.45. The molecule has 1 aliphatic heterocycles. The van der Waals surface area contributed by atoms with E-state index >= 15 is 0 Å². The fraction of sp³-hybridized carbons (Fsp3) is 0.207. The van der Waals surface area contributed by atoms with Crippen molar-refractivity contribution in [2.75, 3.05) is 14.2 Å². The van der Waals surface area contributed by atoms with Gasteiger partial charge in [0.05, 0.1) is 43.5 Å². The number of rotatable bonds is 8. The number of aryl methyl sites for hydroxylation is 1. The van der Waals surface area contributed by atoms with E-state index in [1.807, 2.05) is 0 Å². The number of hydrogen-bond donors (Lipinski definition) is 2. The lowest BCUT2D eigenvalue weighted by Gasteiger charge is -2.25. The molecular weight excluding hydrogens is 498 g/mol. The van der Waals surface area contributed by atoms with Gasteiger partial charge in [0.15, 0.2) is 0 Å². The number of aliphatic imine (C=N–C) groups is 1. The number of primary amides is 1. The van der Waals surface area contributed by atoms with E-state index in [-0.39, 0.29) is 17.7 Å². The second-order valence-corrected chi connectivity index (χ2v) is 8.84. The zero-order chi connectivity index (χ0) is 28.1. The Balaban J connectivity index is 1.85. The number of nitrogens with zero attached hydrogens (tertiary/aromatic N) is 3. The molecule has 0 radical (unpaired) electrons. The molecule has 0 fully saturated rings. The maximum atomic E-state index is 14.0. The number of nitrogens with two attached hydrogens (primary N) is 1. The summed E-state index contributed by atoms with van der Waals surface area (Å²) in [5.74, 6) is -1.05. The van der Waals surface area contributed by atoms with Gasteiger partial charge in [-0.25, -0.2) is 0 Å². The van der Waals surface area contributed by atoms with E-state index in [1.54, 1.807) is 67.6 Å². The molecule has 0 saturated heterocycles. The number of nitrogens with one attached hydrogen (secondary N) is 1. The molecule has 2 aromatic carbocycles. The van der Waals surface area contributed by atoms with Crippen molar-refractivity contribution in [3.8, 4) is 23.3 Å². The Bertz CT molecular complexity index is 1600. The smallest absolute Gasteiger partial charge is 0.268 e. The van der Waals surface area contributed by atoms with Crippen molar-refractivity contribution in [1.29, 1.82) is 5.26 Å². The molecule has 0 bridgehead atoms. The van der Waals surface area contributed by atoms with Crippen LogP contribution in [-0.2, 0) is 11.3 Å². The van der Waals surface area contributed by atoms with Crippen LogP contribution >= 0.6 is 0 Å². The molecule has 2 amide bonds. The summed E-state index contributed by atoms with van der Waals surface area (Å²) in [7, 11) is 3.04. The standard InChI is InChI=1S/C29H27N5O5/c1-17-12-23(26-22(27(31)35)8-5-11-32-26)25(29(37)34(17)20-7-4-6-18(13-20)15-30)28(36)33-16-19-14-21(38-2)9-10-24(19)39-3/h4-14,22,26H,16H2,1-3H3,(H2,31,35)(H,33,36). The van der Waals surface area contributed by atoms with Crippen LogP contribution in [-0.4, -0.2) is 36.8 Å². The van der Waals surface area contributed by atoms with E-state index in [1.165, 1.54) is 25.0 Å². The maximum absolute atomic E-state index is 14.0. The van der Waals surface area contributed by atoms with Crippen LogP contribution in [0.15, 0.2) is 70.5 Å². The van der Waals surface area contributed by atoms with E-state index in [4.69, 9.17) is 15.2 Å². The van der Waals surface area contributed by atoms with Gasteiger partial charge in [-0.05, 0) is 61.0 Å². The summed E-state index contributed by atoms with van der Waals surface area (Å²) in [6.07, 6.45) is 4.70. The van der Waals surface area contributed by atoms with Crippen LogP contribution in [0.5, 0.6) is 11.5 Å². The number of ether oxygens (including phenoxy) is 2. The predicted molar refractivity (Wildman–Crippen MR) is 145 cm³/mol. The van der Waals surface area contributed by atoms with Gasteiger partial charge in [0.2, 0.25) is 5.91 Å². The van der Waals surface area contributed by atoms with Crippen molar-refractivity contribution in [3.63, 3.8) is 0 Å². The summed E-state index contributed by atoms with van der Waals surface area (Å²) < 4.78 is 12.0. The average molecular weight is 526 g/mol. The number of aromatic nitrogens is 1. The Kier molecular flexibility index (Phi) is 7.91. The van der Waals surface area contributed by atoms with Crippen LogP contribution in [0.25, 0.3) is 5.69 Å². The minimum Gasteiger partial charge on any atom is -0.497 e. The highest BCUT2D eigenvalue weighted by Gasteiger charge is 2.32. The van der Waals surface area contributed by atoms with Gasteiger partial charge in [-0.2, -0.15) is 5.26 Å².